The van der Waals surface area contributed by atoms with Crippen LogP contribution in [0.15, 0.2) is 6.07 Å². The number of piperidine rings is 1. The molecule has 1 aromatic heterocycles. The van der Waals surface area contributed by atoms with E-state index in [9.17, 15) is 9.90 Å². The van der Waals surface area contributed by atoms with Crippen molar-refractivity contribution in [1.29, 1.82) is 0 Å². The highest BCUT2D eigenvalue weighted by molar-refractivity contribution is 7.14. The Morgan fingerprint density at radius 3 is 2.95 bits per heavy atom. The van der Waals surface area contributed by atoms with Crippen LogP contribution in [0.2, 0.25) is 0 Å². The van der Waals surface area contributed by atoms with E-state index in [1.807, 2.05) is 4.90 Å². The first kappa shape index (κ1) is 14.1. The van der Waals surface area contributed by atoms with Gasteiger partial charge in [-0.2, -0.15) is 0 Å². The van der Waals surface area contributed by atoms with Crippen LogP contribution in [0.3, 0.4) is 0 Å². The van der Waals surface area contributed by atoms with E-state index in [1.165, 1.54) is 29.7 Å². The van der Waals surface area contributed by atoms with E-state index in [0.29, 0.717) is 0 Å². The molecule has 1 saturated heterocycles. The van der Waals surface area contributed by atoms with Crippen molar-refractivity contribution in [2.45, 2.75) is 57.4 Å². The number of aryl methyl sites for hydroxylation is 2. The molecule has 2 aliphatic rings. The minimum atomic E-state index is 0.176. The summed E-state index contributed by atoms with van der Waals surface area (Å²) in [5.74, 6) is 0.197. The number of carbonyl (C=O) groups excluding carboxylic acids is 1. The number of fused-ring (bicyclic) bond motifs is 1. The third kappa shape index (κ3) is 2.77. The van der Waals surface area contributed by atoms with Gasteiger partial charge in [0.05, 0.1) is 4.88 Å². The number of amides is 1. The van der Waals surface area contributed by atoms with Crippen LogP contribution in [0.1, 0.15) is 58.6 Å². The number of likely N-dealkylation sites (tertiary alicyclic amines) is 1. The summed E-state index contributed by atoms with van der Waals surface area (Å²) in [4.78, 5) is 17.1. The number of carbonyl (C=O) groups is 1. The first-order valence-corrected chi connectivity index (χ1v) is 8.64. The van der Waals surface area contributed by atoms with Crippen molar-refractivity contribution >= 4 is 17.2 Å². The van der Waals surface area contributed by atoms with Crippen molar-refractivity contribution in [2.24, 2.45) is 0 Å². The zero-order valence-electron chi connectivity index (χ0n) is 11.9. The first-order valence-electron chi connectivity index (χ1n) is 7.83. The number of aliphatic hydroxyl groups is 1. The maximum absolute atomic E-state index is 12.8. The van der Waals surface area contributed by atoms with Gasteiger partial charge < -0.3 is 10.0 Å². The van der Waals surface area contributed by atoms with E-state index < -0.39 is 0 Å². The molecule has 1 aliphatic heterocycles. The van der Waals surface area contributed by atoms with Crippen LogP contribution >= 0.6 is 11.3 Å². The van der Waals surface area contributed by atoms with Gasteiger partial charge in [-0.25, -0.2) is 0 Å². The molecular weight excluding hydrogens is 270 g/mol. The molecular formula is C16H23NO2S. The van der Waals surface area contributed by atoms with Crippen LogP contribution in [0.25, 0.3) is 0 Å². The average Bonchev–Trinajstić information content (AvgIpc) is 2.91. The number of hydrogen-bond donors (Lipinski definition) is 1. The molecule has 0 bridgehead atoms. The zero-order valence-corrected chi connectivity index (χ0v) is 12.8. The van der Waals surface area contributed by atoms with Gasteiger partial charge in [0.25, 0.3) is 5.91 Å². The third-order valence-corrected chi connectivity index (χ3v) is 5.78. The topological polar surface area (TPSA) is 40.5 Å². The predicted octanol–water partition coefficient (Wildman–Crippen LogP) is 3.00. The fraction of sp³-hybridized carbons (Fsp3) is 0.688. The Balaban J connectivity index is 1.78. The minimum Gasteiger partial charge on any atom is -0.396 e. The Kier molecular flexibility index (Phi) is 4.41. The van der Waals surface area contributed by atoms with E-state index in [2.05, 4.69) is 6.07 Å². The lowest BCUT2D eigenvalue weighted by Crippen LogP contribution is -2.43. The van der Waals surface area contributed by atoms with Crippen LogP contribution in [-0.4, -0.2) is 35.1 Å². The van der Waals surface area contributed by atoms with E-state index in [-0.39, 0.29) is 18.6 Å². The molecule has 4 heteroatoms. The third-order valence-electron chi connectivity index (χ3n) is 4.56. The van der Waals surface area contributed by atoms with Crippen molar-refractivity contribution in [2.75, 3.05) is 13.2 Å². The van der Waals surface area contributed by atoms with Crippen molar-refractivity contribution in [3.8, 4) is 0 Å². The van der Waals surface area contributed by atoms with Gasteiger partial charge in [-0.05, 0) is 63.0 Å². The number of thiophene rings is 1. The van der Waals surface area contributed by atoms with Gasteiger partial charge in [-0.1, -0.05) is 0 Å². The highest BCUT2D eigenvalue weighted by atomic mass is 32.1. The highest BCUT2D eigenvalue weighted by Crippen LogP contribution is 2.31. The van der Waals surface area contributed by atoms with Crippen molar-refractivity contribution in [3.05, 3.63) is 21.4 Å². The second-order valence-corrected chi connectivity index (χ2v) is 7.06. The Morgan fingerprint density at radius 1 is 1.30 bits per heavy atom. The molecule has 1 aliphatic carbocycles. The van der Waals surface area contributed by atoms with Gasteiger partial charge >= 0.3 is 0 Å². The standard InChI is InChI=1S/C16H23NO2S/c18-10-8-13-6-3-4-9-17(13)16(19)15-11-12-5-1-2-7-14(12)20-15/h11,13,18H,1-10H2. The molecule has 0 aromatic carbocycles. The summed E-state index contributed by atoms with van der Waals surface area (Å²) in [5, 5.41) is 9.19. The quantitative estimate of drug-likeness (QED) is 0.930. The first-order chi connectivity index (χ1) is 9.79. The molecule has 3 rings (SSSR count). The van der Waals surface area contributed by atoms with Crippen LogP contribution < -0.4 is 0 Å². The van der Waals surface area contributed by atoms with Crippen LogP contribution in [-0.2, 0) is 12.8 Å². The number of aliphatic hydroxyl groups excluding tert-OH is 1. The smallest absolute Gasteiger partial charge is 0.264 e. The van der Waals surface area contributed by atoms with Crippen molar-refractivity contribution in [3.63, 3.8) is 0 Å². The predicted molar refractivity (Wildman–Crippen MR) is 81.3 cm³/mol. The zero-order chi connectivity index (χ0) is 13.9. The summed E-state index contributed by atoms with van der Waals surface area (Å²) in [6.45, 7) is 1.03. The molecule has 1 amide bonds. The second-order valence-electron chi connectivity index (χ2n) is 5.93. The lowest BCUT2D eigenvalue weighted by molar-refractivity contribution is 0.0579. The summed E-state index contributed by atoms with van der Waals surface area (Å²) in [6.07, 6.45) is 8.83. The van der Waals surface area contributed by atoms with Crippen molar-refractivity contribution in [1.82, 2.24) is 4.90 Å². The molecule has 0 saturated carbocycles. The maximum atomic E-state index is 12.8. The van der Waals surface area contributed by atoms with Gasteiger partial charge in [0.1, 0.15) is 0 Å². The minimum absolute atomic E-state index is 0.176. The summed E-state index contributed by atoms with van der Waals surface area (Å²) < 4.78 is 0. The lowest BCUT2D eigenvalue weighted by Gasteiger charge is -2.35. The van der Waals surface area contributed by atoms with Crippen LogP contribution in [0, 0.1) is 0 Å². The lowest BCUT2D eigenvalue weighted by atomic mass is 9.98. The summed E-state index contributed by atoms with van der Waals surface area (Å²) in [6, 6.07) is 2.37. The monoisotopic (exact) mass is 293 g/mol. The molecule has 1 aromatic rings. The Morgan fingerprint density at radius 2 is 2.15 bits per heavy atom. The number of hydrogen-bond acceptors (Lipinski definition) is 3. The molecule has 1 atom stereocenters. The molecule has 3 nitrogen and oxygen atoms in total. The number of nitrogens with zero attached hydrogens (tertiary/aromatic N) is 1. The summed E-state index contributed by atoms with van der Waals surface area (Å²) in [7, 11) is 0. The fourth-order valence-corrected chi connectivity index (χ4v) is 4.66. The molecule has 20 heavy (non-hydrogen) atoms. The largest absolute Gasteiger partial charge is 0.396 e. The summed E-state index contributed by atoms with van der Waals surface area (Å²) >= 11 is 1.70. The van der Waals surface area contributed by atoms with Crippen LogP contribution in [0.4, 0.5) is 0 Å². The highest BCUT2D eigenvalue weighted by Gasteiger charge is 2.28. The molecule has 1 N–H and O–H groups in total. The molecule has 0 spiro atoms. The van der Waals surface area contributed by atoms with Crippen molar-refractivity contribution < 1.29 is 9.90 Å². The summed E-state index contributed by atoms with van der Waals surface area (Å²) in [5.41, 5.74) is 1.40. The maximum Gasteiger partial charge on any atom is 0.264 e. The second kappa shape index (κ2) is 6.27. The molecule has 1 fully saturated rings. The molecule has 0 radical (unpaired) electrons. The van der Waals surface area contributed by atoms with Gasteiger partial charge in [0.15, 0.2) is 0 Å². The SMILES string of the molecule is O=C(c1cc2c(s1)CCCC2)N1CCCCC1CCO. The van der Waals surface area contributed by atoms with E-state index >= 15 is 0 Å². The van der Waals surface area contributed by atoms with Gasteiger partial charge in [-0.15, -0.1) is 11.3 Å². The van der Waals surface area contributed by atoms with E-state index in [4.69, 9.17) is 0 Å². The van der Waals surface area contributed by atoms with Gasteiger partial charge in [0.2, 0.25) is 0 Å². The fourth-order valence-electron chi connectivity index (χ4n) is 3.45. The molecule has 1 unspecified atom stereocenters. The van der Waals surface area contributed by atoms with Crippen LogP contribution in [0.5, 0.6) is 0 Å². The van der Waals surface area contributed by atoms with E-state index in [0.717, 1.165) is 43.5 Å². The Labute approximate surface area is 124 Å². The molecule has 2 heterocycles. The van der Waals surface area contributed by atoms with E-state index in [1.54, 1.807) is 11.3 Å². The number of rotatable bonds is 3. The van der Waals surface area contributed by atoms with Gasteiger partial charge in [0, 0.05) is 24.1 Å². The molecule has 110 valence electrons. The van der Waals surface area contributed by atoms with Gasteiger partial charge in [-0.3, -0.25) is 4.79 Å². The normalized spacial score (nSPS) is 22.6. The Hall–Kier alpha value is -0.870. The average molecular weight is 293 g/mol. The Bertz CT molecular complexity index is 457.